The van der Waals surface area contributed by atoms with Crippen LogP contribution in [0.4, 0.5) is 24.7 Å². The van der Waals surface area contributed by atoms with Crippen molar-refractivity contribution in [1.29, 1.82) is 0 Å². The highest BCUT2D eigenvalue weighted by molar-refractivity contribution is 6.04. The van der Waals surface area contributed by atoms with Gasteiger partial charge in [-0.15, -0.1) is 0 Å². The van der Waals surface area contributed by atoms with Crippen LogP contribution in [0.25, 0.3) is 11.5 Å². The minimum atomic E-state index is -4.90. The van der Waals surface area contributed by atoms with Gasteiger partial charge in [0.25, 0.3) is 5.91 Å². The lowest BCUT2D eigenvalue weighted by atomic mass is 9.96. The molecule has 0 aliphatic carbocycles. The Kier molecular flexibility index (Phi) is 6.03. The van der Waals surface area contributed by atoms with Gasteiger partial charge in [-0.05, 0) is 37.1 Å². The summed E-state index contributed by atoms with van der Waals surface area (Å²) in [6.45, 7) is 1.20. The van der Waals surface area contributed by atoms with Crippen molar-refractivity contribution in [3.8, 4) is 11.5 Å². The van der Waals surface area contributed by atoms with Crippen LogP contribution in [0.1, 0.15) is 29.1 Å². The predicted octanol–water partition coefficient (Wildman–Crippen LogP) is 3.71. The topological polar surface area (TPSA) is 114 Å². The maximum atomic E-state index is 13.5. The lowest BCUT2D eigenvalue weighted by molar-refractivity contribution is -0.153. The van der Waals surface area contributed by atoms with Crippen LogP contribution in [-0.2, 0) is 11.0 Å². The fraction of sp³-hybridized carbons (Fsp3) is 0.273. The standard InChI is InChI=1S/C22H20F3N5O3/c23-22(24,25)18-17(29-21(33-18)14-4-2-1-3-5-14)20(32)28-15-6-7-16(27-12-15)30-10-8-13(9-11-30)19(26)31/h1-7,12-13H,8-11H2,(H2,26,31)(H,28,32). The molecule has 0 radical (unpaired) electrons. The molecule has 4 rings (SSSR count). The summed E-state index contributed by atoms with van der Waals surface area (Å²) in [7, 11) is 0. The summed E-state index contributed by atoms with van der Waals surface area (Å²) in [4.78, 5) is 33.9. The molecule has 0 atom stereocenters. The van der Waals surface area contributed by atoms with E-state index in [1.165, 1.54) is 24.4 Å². The Morgan fingerprint density at radius 2 is 1.79 bits per heavy atom. The molecule has 1 aromatic carbocycles. The number of alkyl halides is 3. The normalized spacial score (nSPS) is 14.8. The van der Waals surface area contributed by atoms with Gasteiger partial charge in [0, 0.05) is 24.6 Å². The first-order valence-corrected chi connectivity index (χ1v) is 10.2. The Bertz CT molecular complexity index is 1140. The number of amides is 2. The fourth-order valence-corrected chi connectivity index (χ4v) is 3.60. The van der Waals surface area contributed by atoms with Crippen molar-refractivity contribution in [3.05, 3.63) is 60.1 Å². The lowest BCUT2D eigenvalue weighted by Crippen LogP contribution is -2.38. The van der Waals surface area contributed by atoms with E-state index in [1.54, 1.807) is 24.3 Å². The van der Waals surface area contributed by atoms with E-state index in [9.17, 15) is 22.8 Å². The van der Waals surface area contributed by atoms with E-state index in [1.807, 2.05) is 4.90 Å². The minimum absolute atomic E-state index is 0.161. The van der Waals surface area contributed by atoms with Crippen molar-refractivity contribution in [2.75, 3.05) is 23.3 Å². The van der Waals surface area contributed by atoms with Crippen LogP contribution in [0.5, 0.6) is 0 Å². The molecule has 33 heavy (non-hydrogen) atoms. The number of benzene rings is 1. The van der Waals surface area contributed by atoms with Gasteiger partial charge in [-0.1, -0.05) is 18.2 Å². The van der Waals surface area contributed by atoms with Gasteiger partial charge in [-0.2, -0.15) is 13.2 Å². The summed E-state index contributed by atoms with van der Waals surface area (Å²) in [6, 6.07) is 11.2. The van der Waals surface area contributed by atoms with Gasteiger partial charge in [-0.25, -0.2) is 9.97 Å². The second-order valence-electron chi connectivity index (χ2n) is 7.58. The third-order valence-corrected chi connectivity index (χ3v) is 5.35. The van der Waals surface area contributed by atoms with Gasteiger partial charge in [0.1, 0.15) is 5.82 Å². The second-order valence-corrected chi connectivity index (χ2v) is 7.58. The molecule has 3 heterocycles. The molecule has 172 valence electrons. The third-order valence-electron chi connectivity index (χ3n) is 5.35. The van der Waals surface area contributed by atoms with Crippen LogP contribution in [0, 0.1) is 5.92 Å². The maximum Gasteiger partial charge on any atom is 0.452 e. The number of nitrogens with zero attached hydrogens (tertiary/aromatic N) is 3. The molecule has 11 heteroatoms. The molecule has 1 aliphatic rings. The zero-order chi connectivity index (χ0) is 23.6. The summed E-state index contributed by atoms with van der Waals surface area (Å²) in [5, 5.41) is 2.38. The van der Waals surface area contributed by atoms with Crippen molar-refractivity contribution >= 4 is 23.3 Å². The number of primary amides is 1. The highest BCUT2D eigenvalue weighted by Gasteiger charge is 2.42. The number of nitrogens with two attached hydrogens (primary N) is 1. The number of halogens is 3. The SMILES string of the molecule is NC(=O)C1CCN(c2ccc(NC(=O)c3nc(-c4ccccc4)oc3C(F)(F)F)cn2)CC1. The number of oxazole rings is 1. The Labute approximate surface area is 186 Å². The molecule has 8 nitrogen and oxygen atoms in total. The summed E-state index contributed by atoms with van der Waals surface area (Å²) in [6.07, 6.45) is -2.32. The van der Waals surface area contributed by atoms with Gasteiger partial charge in [0.2, 0.25) is 17.6 Å². The van der Waals surface area contributed by atoms with E-state index in [2.05, 4.69) is 15.3 Å². The largest absolute Gasteiger partial charge is 0.452 e. The van der Waals surface area contributed by atoms with Gasteiger partial charge in [-0.3, -0.25) is 9.59 Å². The number of pyridine rings is 1. The summed E-state index contributed by atoms with van der Waals surface area (Å²) in [5.74, 6) is -2.69. The predicted molar refractivity (Wildman–Crippen MR) is 113 cm³/mol. The number of rotatable bonds is 5. The molecule has 1 fully saturated rings. The van der Waals surface area contributed by atoms with Gasteiger partial charge >= 0.3 is 6.18 Å². The van der Waals surface area contributed by atoms with Gasteiger partial charge in [0.05, 0.1) is 11.9 Å². The fourth-order valence-electron chi connectivity index (χ4n) is 3.60. The monoisotopic (exact) mass is 459 g/mol. The van der Waals surface area contributed by atoms with E-state index < -0.39 is 23.5 Å². The van der Waals surface area contributed by atoms with Crippen LogP contribution in [0.2, 0.25) is 0 Å². The molecule has 3 N–H and O–H groups in total. The summed E-state index contributed by atoms with van der Waals surface area (Å²) < 4.78 is 45.3. The second kappa shape index (κ2) is 8.93. The first kappa shape index (κ1) is 22.3. The highest BCUT2D eigenvalue weighted by Crippen LogP contribution is 2.35. The quantitative estimate of drug-likeness (QED) is 0.601. The number of carbonyl (C=O) groups is 2. The number of nitrogens with one attached hydrogen (secondary N) is 1. The smallest absolute Gasteiger partial charge is 0.431 e. The Morgan fingerprint density at radius 1 is 1.09 bits per heavy atom. The molecule has 0 spiro atoms. The molecule has 0 bridgehead atoms. The minimum Gasteiger partial charge on any atom is -0.431 e. The van der Waals surface area contributed by atoms with Crippen LogP contribution < -0.4 is 16.0 Å². The molecular weight excluding hydrogens is 439 g/mol. The Hall–Kier alpha value is -3.89. The van der Waals surface area contributed by atoms with E-state index in [0.29, 0.717) is 37.3 Å². The zero-order valence-electron chi connectivity index (χ0n) is 17.3. The van der Waals surface area contributed by atoms with Crippen LogP contribution in [-0.4, -0.2) is 34.9 Å². The molecule has 1 aliphatic heterocycles. The average Bonchev–Trinajstić information content (AvgIpc) is 3.27. The number of hydrogen-bond donors (Lipinski definition) is 2. The number of piperidine rings is 1. The summed E-state index contributed by atoms with van der Waals surface area (Å²) >= 11 is 0. The molecule has 3 aromatic rings. The maximum absolute atomic E-state index is 13.5. The zero-order valence-corrected chi connectivity index (χ0v) is 17.3. The number of carbonyl (C=O) groups excluding carboxylic acids is 2. The average molecular weight is 459 g/mol. The number of aromatic nitrogens is 2. The van der Waals surface area contributed by atoms with Crippen LogP contribution in [0.3, 0.4) is 0 Å². The van der Waals surface area contributed by atoms with Crippen molar-refractivity contribution < 1.29 is 27.2 Å². The molecule has 0 saturated carbocycles. The molecule has 2 aromatic heterocycles. The lowest BCUT2D eigenvalue weighted by Gasteiger charge is -2.31. The van der Waals surface area contributed by atoms with Crippen LogP contribution >= 0.6 is 0 Å². The van der Waals surface area contributed by atoms with Crippen molar-refractivity contribution in [1.82, 2.24) is 9.97 Å². The van der Waals surface area contributed by atoms with E-state index in [-0.39, 0.29) is 23.4 Å². The van der Waals surface area contributed by atoms with Crippen molar-refractivity contribution in [2.24, 2.45) is 11.7 Å². The molecular formula is C22H20F3N5O3. The van der Waals surface area contributed by atoms with E-state index >= 15 is 0 Å². The Balaban J connectivity index is 1.49. The Morgan fingerprint density at radius 3 is 2.36 bits per heavy atom. The van der Waals surface area contributed by atoms with Crippen molar-refractivity contribution in [3.63, 3.8) is 0 Å². The third kappa shape index (κ3) is 4.97. The molecule has 1 saturated heterocycles. The number of anilines is 2. The van der Waals surface area contributed by atoms with Crippen molar-refractivity contribution in [2.45, 2.75) is 19.0 Å². The van der Waals surface area contributed by atoms with E-state index in [4.69, 9.17) is 10.2 Å². The van der Waals surface area contributed by atoms with Gasteiger partial charge in [0.15, 0.2) is 5.69 Å². The first-order chi connectivity index (χ1) is 15.7. The molecule has 0 unspecified atom stereocenters. The van der Waals surface area contributed by atoms with E-state index in [0.717, 1.165) is 0 Å². The first-order valence-electron chi connectivity index (χ1n) is 10.2. The highest BCUT2D eigenvalue weighted by atomic mass is 19.4. The summed E-state index contributed by atoms with van der Waals surface area (Å²) in [5.41, 5.74) is 5.00. The van der Waals surface area contributed by atoms with Crippen LogP contribution in [0.15, 0.2) is 53.1 Å². The molecule has 2 amide bonds. The van der Waals surface area contributed by atoms with Gasteiger partial charge < -0.3 is 20.4 Å². The number of hydrogen-bond acceptors (Lipinski definition) is 6.